The third kappa shape index (κ3) is 3.69. The number of thiophene rings is 1. The third-order valence-electron chi connectivity index (χ3n) is 4.91. The van der Waals surface area contributed by atoms with Crippen LogP contribution in [0.5, 0.6) is 0 Å². The van der Waals surface area contributed by atoms with Gasteiger partial charge in [0.05, 0.1) is 21.8 Å². The van der Waals surface area contributed by atoms with Gasteiger partial charge in [0.2, 0.25) is 0 Å². The van der Waals surface area contributed by atoms with E-state index in [1.54, 1.807) is 15.9 Å². The maximum absolute atomic E-state index is 12.5. The lowest BCUT2D eigenvalue weighted by Gasteiger charge is -2.34. The fourth-order valence-corrected chi connectivity index (χ4v) is 4.50. The molecule has 0 atom stereocenters. The van der Waals surface area contributed by atoms with Crippen LogP contribution < -0.4 is 5.56 Å². The van der Waals surface area contributed by atoms with Crippen LogP contribution in [0.1, 0.15) is 10.7 Å². The molecule has 0 spiro atoms. The third-order valence-corrected chi connectivity index (χ3v) is 6.13. The highest BCUT2D eigenvalue weighted by Crippen LogP contribution is 2.23. The summed E-state index contributed by atoms with van der Waals surface area (Å²) in [4.78, 5) is 23.4. The van der Waals surface area contributed by atoms with Crippen LogP contribution in [0, 0.1) is 0 Å². The van der Waals surface area contributed by atoms with Crippen LogP contribution in [0.4, 0.5) is 0 Å². The summed E-state index contributed by atoms with van der Waals surface area (Å²) in [6, 6.07) is 11.6. The Hall–Kier alpha value is -1.73. The van der Waals surface area contributed by atoms with Crippen LogP contribution in [0.25, 0.3) is 10.9 Å². The van der Waals surface area contributed by atoms with E-state index in [1.165, 1.54) is 4.88 Å². The molecule has 0 aliphatic carbocycles. The molecule has 26 heavy (non-hydrogen) atoms. The first kappa shape index (κ1) is 17.7. The molecule has 0 amide bonds. The number of para-hydroxylation sites is 1. The van der Waals surface area contributed by atoms with E-state index in [9.17, 15) is 4.79 Å². The number of piperazine rings is 1. The second kappa shape index (κ2) is 7.48. The summed E-state index contributed by atoms with van der Waals surface area (Å²) in [5.41, 5.74) is 0.803. The predicted molar refractivity (Wildman–Crippen MR) is 107 cm³/mol. The van der Waals surface area contributed by atoms with Gasteiger partial charge in [-0.05, 0) is 24.3 Å². The number of hydrogen-bond donors (Lipinski definition) is 0. The Morgan fingerprint density at radius 1 is 1.04 bits per heavy atom. The number of fused-ring (bicyclic) bond motifs is 1. The number of halogens is 1. The Kier molecular flexibility index (Phi) is 5.09. The molecule has 0 bridgehead atoms. The van der Waals surface area contributed by atoms with Crippen LogP contribution >= 0.6 is 22.9 Å². The molecule has 7 heteroatoms. The lowest BCUT2D eigenvalue weighted by atomic mass is 10.2. The van der Waals surface area contributed by atoms with Crippen molar-refractivity contribution >= 4 is 33.8 Å². The van der Waals surface area contributed by atoms with E-state index < -0.39 is 0 Å². The Morgan fingerprint density at radius 2 is 1.73 bits per heavy atom. The molecule has 3 heterocycles. The molecule has 4 rings (SSSR count). The highest BCUT2D eigenvalue weighted by molar-refractivity contribution is 7.16. The van der Waals surface area contributed by atoms with Gasteiger partial charge in [-0.25, -0.2) is 4.98 Å². The predicted octanol–water partition coefficient (Wildman–Crippen LogP) is 2.97. The minimum absolute atomic E-state index is 0.0267. The second-order valence-corrected chi connectivity index (χ2v) is 8.47. The molecule has 2 aromatic heterocycles. The summed E-state index contributed by atoms with van der Waals surface area (Å²) in [5.74, 6) is 0.826. The molecule has 3 aromatic rings. The lowest BCUT2D eigenvalue weighted by Crippen LogP contribution is -2.46. The summed E-state index contributed by atoms with van der Waals surface area (Å²) in [6.07, 6.45) is 0. The van der Waals surface area contributed by atoms with Crippen molar-refractivity contribution in [2.45, 2.75) is 13.1 Å². The van der Waals surface area contributed by atoms with Crippen LogP contribution in [-0.2, 0) is 20.1 Å². The molecule has 1 aliphatic heterocycles. The van der Waals surface area contributed by atoms with Crippen LogP contribution in [0.3, 0.4) is 0 Å². The normalized spacial score (nSPS) is 16.4. The molecule has 0 radical (unpaired) electrons. The summed E-state index contributed by atoms with van der Waals surface area (Å²) in [7, 11) is 1.81. The van der Waals surface area contributed by atoms with Crippen molar-refractivity contribution < 1.29 is 0 Å². The molecule has 1 fully saturated rings. The zero-order chi connectivity index (χ0) is 18.1. The molecule has 5 nitrogen and oxygen atoms in total. The van der Waals surface area contributed by atoms with Gasteiger partial charge in [-0.1, -0.05) is 23.7 Å². The summed E-state index contributed by atoms with van der Waals surface area (Å²) >= 11 is 7.67. The largest absolute Gasteiger partial charge is 0.298 e. The average molecular weight is 389 g/mol. The molecule has 1 aromatic carbocycles. The van der Waals surface area contributed by atoms with Gasteiger partial charge in [0.25, 0.3) is 5.56 Å². The van der Waals surface area contributed by atoms with Gasteiger partial charge in [0, 0.05) is 44.6 Å². The van der Waals surface area contributed by atoms with Crippen molar-refractivity contribution in [3.63, 3.8) is 0 Å². The van der Waals surface area contributed by atoms with E-state index >= 15 is 0 Å². The van der Waals surface area contributed by atoms with Gasteiger partial charge in [-0.3, -0.25) is 19.2 Å². The van der Waals surface area contributed by atoms with Crippen molar-refractivity contribution in [1.29, 1.82) is 0 Å². The quantitative estimate of drug-likeness (QED) is 0.689. The molecular weight excluding hydrogens is 368 g/mol. The van der Waals surface area contributed by atoms with Gasteiger partial charge in [-0.2, -0.15) is 0 Å². The van der Waals surface area contributed by atoms with Crippen molar-refractivity contribution in [1.82, 2.24) is 19.4 Å². The molecule has 0 saturated carbocycles. The van der Waals surface area contributed by atoms with Gasteiger partial charge in [0.15, 0.2) is 0 Å². The molecule has 1 aliphatic rings. The number of nitrogens with zero attached hydrogens (tertiary/aromatic N) is 4. The monoisotopic (exact) mass is 388 g/mol. The van der Waals surface area contributed by atoms with Crippen molar-refractivity contribution in [2.75, 3.05) is 26.2 Å². The topological polar surface area (TPSA) is 41.4 Å². The van der Waals surface area contributed by atoms with Gasteiger partial charge in [0.1, 0.15) is 5.82 Å². The Bertz CT molecular complexity index is 975. The number of benzene rings is 1. The molecule has 0 N–H and O–H groups in total. The minimum Gasteiger partial charge on any atom is -0.298 e. The maximum Gasteiger partial charge on any atom is 0.261 e. The first-order valence-electron chi connectivity index (χ1n) is 8.74. The van der Waals surface area contributed by atoms with Crippen molar-refractivity contribution in [3.05, 3.63) is 61.8 Å². The Labute approximate surface area is 161 Å². The van der Waals surface area contributed by atoms with Crippen molar-refractivity contribution in [2.24, 2.45) is 7.05 Å². The molecule has 136 valence electrons. The van der Waals surface area contributed by atoms with E-state index in [-0.39, 0.29) is 5.56 Å². The minimum atomic E-state index is 0.0267. The smallest absolute Gasteiger partial charge is 0.261 e. The van der Waals surface area contributed by atoms with Crippen molar-refractivity contribution in [3.8, 4) is 0 Å². The van der Waals surface area contributed by atoms with E-state index in [0.717, 1.165) is 48.4 Å². The highest BCUT2D eigenvalue weighted by atomic mass is 35.5. The van der Waals surface area contributed by atoms with Gasteiger partial charge >= 0.3 is 0 Å². The van der Waals surface area contributed by atoms with Crippen LogP contribution in [0.2, 0.25) is 4.34 Å². The zero-order valence-electron chi connectivity index (χ0n) is 14.7. The van der Waals surface area contributed by atoms with Gasteiger partial charge < -0.3 is 0 Å². The number of hydrogen-bond acceptors (Lipinski definition) is 5. The molecular formula is C19H21ClN4OS. The first-order valence-corrected chi connectivity index (χ1v) is 9.93. The number of rotatable bonds is 4. The Balaban J connectivity index is 1.42. The fraction of sp³-hybridized carbons (Fsp3) is 0.368. The SMILES string of the molecule is Cn1c(CN2CCN(Cc3ccc(Cl)s3)CC2)nc2ccccc2c1=O. The average Bonchev–Trinajstić information content (AvgIpc) is 3.06. The van der Waals surface area contributed by atoms with Crippen LogP contribution in [0.15, 0.2) is 41.2 Å². The molecule has 0 unspecified atom stereocenters. The van der Waals surface area contributed by atoms with E-state index in [2.05, 4.69) is 15.9 Å². The highest BCUT2D eigenvalue weighted by Gasteiger charge is 2.19. The van der Waals surface area contributed by atoms with E-state index in [1.807, 2.05) is 37.4 Å². The van der Waals surface area contributed by atoms with E-state index in [4.69, 9.17) is 16.6 Å². The van der Waals surface area contributed by atoms with E-state index in [0.29, 0.717) is 11.9 Å². The summed E-state index contributed by atoms with van der Waals surface area (Å²) in [5, 5.41) is 0.679. The summed E-state index contributed by atoms with van der Waals surface area (Å²) < 4.78 is 2.53. The zero-order valence-corrected chi connectivity index (χ0v) is 16.3. The first-order chi connectivity index (χ1) is 12.6. The molecule has 1 saturated heterocycles. The van der Waals surface area contributed by atoms with Crippen LogP contribution in [-0.4, -0.2) is 45.5 Å². The summed E-state index contributed by atoms with van der Waals surface area (Å²) in [6.45, 7) is 5.63. The maximum atomic E-state index is 12.5. The lowest BCUT2D eigenvalue weighted by molar-refractivity contribution is 0.119. The van der Waals surface area contributed by atoms with Gasteiger partial charge in [-0.15, -0.1) is 11.3 Å². The second-order valence-electron chi connectivity index (χ2n) is 6.67. The standard InChI is InChI=1S/C19H21ClN4OS/c1-22-18(21-16-5-3-2-4-15(16)19(22)25)13-24-10-8-23(9-11-24)12-14-6-7-17(20)26-14/h2-7H,8-13H2,1H3. The Morgan fingerprint density at radius 3 is 2.42 bits per heavy atom. The number of aromatic nitrogens is 2. The fourth-order valence-electron chi connectivity index (χ4n) is 3.37.